The normalized spacial score (nSPS) is 17.5. The van der Waals surface area contributed by atoms with E-state index in [-0.39, 0.29) is 37.3 Å². The summed E-state index contributed by atoms with van der Waals surface area (Å²) in [7, 11) is 0. The smallest absolute Gasteiger partial charge is 0.416 e. The van der Waals surface area contributed by atoms with Crippen LogP contribution in [0.1, 0.15) is 0 Å². The van der Waals surface area contributed by atoms with Crippen molar-refractivity contribution in [1.82, 2.24) is 4.90 Å². The van der Waals surface area contributed by atoms with Crippen LogP contribution in [0.5, 0.6) is 0 Å². The highest BCUT2D eigenvalue weighted by Crippen LogP contribution is 2.30. The van der Waals surface area contributed by atoms with Gasteiger partial charge in [-0.25, -0.2) is 9.69 Å². The van der Waals surface area contributed by atoms with E-state index in [9.17, 15) is 14.4 Å². The number of thioether (sulfide) groups is 1. The fraction of sp³-hybridized carbons (Fsp3) is 0.286. The summed E-state index contributed by atoms with van der Waals surface area (Å²) < 4.78 is 4.73. The zero-order valence-corrected chi connectivity index (χ0v) is 13.5. The molecule has 2 aliphatic rings. The summed E-state index contributed by atoms with van der Waals surface area (Å²) in [6, 6.07) is 6.91. The quantitative estimate of drug-likeness (QED) is 0.827. The van der Waals surface area contributed by atoms with E-state index in [1.54, 1.807) is 24.3 Å². The number of imide groups is 1. The van der Waals surface area contributed by atoms with E-state index >= 15 is 0 Å². The average molecular weight is 354 g/mol. The van der Waals surface area contributed by atoms with Gasteiger partial charge in [0.25, 0.3) is 5.91 Å². The first-order valence-corrected chi connectivity index (χ1v) is 8.16. The molecule has 3 amide bonds. The standard InChI is InChI=1S/C14H12ClN3O4S/c15-9-3-1-2-4-10(9)18-11(19)7-16-13(18)23-8-12(20)17-5-6-22-14(17)21/h1-4H,5-8H2. The number of ether oxygens (including phenoxy) is 1. The molecule has 9 heteroatoms. The molecular formula is C14H12ClN3O4S. The summed E-state index contributed by atoms with van der Waals surface area (Å²) in [6.45, 7) is 0.464. The topological polar surface area (TPSA) is 79.3 Å². The van der Waals surface area contributed by atoms with Gasteiger partial charge < -0.3 is 4.74 Å². The van der Waals surface area contributed by atoms with Gasteiger partial charge in [-0.05, 0) is 12.1 Å². The second-order valence-corrected chi connectivity index (χ2v) is 6.08. The van der Waals surface area contributed by atoms with Gasteiger partial charge in [-0.1, -0.05) is 35.5 Å². The van der Waals surface area contributed by atoms with E-state index in [0.29, 0.717) is 15.9 Å². The van der Waals surface area contributed by atoms with E-state index < -0.39 is 6.09 Å². The van der Waals surface area contributed by atoms with Gasteiger partial charge in [0.2, 0.25) is 5.91 Å². The maximum Gasteiger partial charge on any atom is 0.416 e. The number of hydrogen-bond acceptors (Lipinski definition) is 6. The van der Waals surface area contributed by atoms with Crippen molar-refractivity contribution in [2.24, 2.45) is 4.99 Å². The third kappa shape index (κ3) is 3.18. The number of anilines is 1. The van der Waals surface area contributed by atoms with Gasteiger partial charge in [-0.2, -0.15) is 0 Å². The zero-order valence-electron chi connectivity index (χ0n) is 11.9. The molecule has 0 unspecified atom stereocenters. The molecule has 0 N–H and O–H groups in total. The van der Waals surface area contributed by atoms with Crippen molar-refractivity contribution >= 4 is 52.1 Å². The van der Waals surface area contributed by atoms with Gasteiger partial charge in [0, 0.05) is 0 Å². The molecule has 1 aromatic carbocycles. The fourth-order valence-electron chi connectivity index (χ4n) is 2.19. The first-order chi connectivity index (χ1) is 11.1. The minimum atomic E-state index is -0.636. The molecule has 0 atom stereocenters. The highest BCUT2D eigenvalue weighted by molar-refractivity contribution is 8.14. The largest absolute Gasteiger partial charge is 0.447 e. The Hall–Kier alpha value is -2.06. The van der Waals surface area contributed by atoms with Gasteiger partial charge in [0.15, 0.2) is 5.17 Å². The second kappa shape index (κ2) is 6.59. The molecule has 0 bridgehead atoms. The third-order valence-electron chi connectivity index (χ3n) is 3.27. The number of rotatable bonds is 3. The Bertz CT molecular complexity index is 709. The molecule has 2 aliphatic heterocycles. The molecule has 7 nitrogen and oxygen atoms in total. The van der Waals surface area contributed by atoms with E-state index in [2.05, 4.69) is 4.99 Å². The van der Waals surface area contributed by atoms with Gasteiger partial charge in [-0.15, -0.1) is 0 Å². The SMILES string of the molecule is O=C(CSC1=NCC(=O)N1c1ccccc1Cl)N1CCOC1=O. The Morgan fingerprint density at radius 1 is 1.35 bits per heavy atom. The van der Waals surface area contributed by atoms with Crippen LogP contribution in [-0.2, 0) is 14.3 Å². The van der Waals surface area contributed by atoms with Gasteiger partial charge in [-0.3, -0.25) is 19.5 Å². The minimum Gasteiger partial charge on any atom is -0.447 e. The number of carbonyl (C=O) groups is 3. The van der Waals surface area contributed by atoms with Gasteiger partial charge in [0.1, 0.15) is 13.2 Å². The molecule has 1 saturated heterocycles. The van der Waals surface area contributed by atoms with Gasteiger partial charge in [0.05, 0.1) is 23.0 Å². The monoisotopic (exact) mass is 353 g/mol. The molecule has 23 heavy (non-hydrogen) atoms. The Morgan fingerprint density at radius 2 is 2.13 bits per heavy atom. The third-order valence-corrected chi connectivity index (χ3v) is 4.55. The van der Waals surface area contributed by atoms with Crippen LogP contribution >= 0.6 is 23.4 Å². The Kier molecular flexibility index (Phi) is 4.53. The van der Waals surface area contributed by atoms with Crippen molar-refractivity contribution < 1.29 is 19.1 Å². The number of carbonyl (C=O) groups excluding carboxylic acids is 3. The number of halogens is 1. The summed E-state index contributed by atoms with van der Waals surface area (Å²) in [5.41, 5.74) is 0.524. The van der Waals surface area contributed by atoms with Crippen LogP contribution < -0.4 is 4.90 Å². The summed E-state index contributed by atoms with van der Waals surface area (Å²) in [4.78, 5) is 42.0. The van der Waals surface area contributed by atoms with E-state index in [4.69, 9.17) is 16.3 Å². The number of aliphatic imine (C=N–C) groups is 1. The van der Waals surface area contributed by atoms with Crippen LogP contribution in [0, 0.1) is 0 Å². The van der Waals surface area contributed by atoms with Gasteiger partial charge >= 0.3 is 6.09 Å². The predicted molar refractivity (Wildman–Crippen MR) is 86.8 cm³/mol. The molecule has 0 saturated carbocycles. The maximum atomic E-state index is 12.1. The minimum absolute atomic E-state index is 0.00744. The number of amides is 3. The Morgan fingerprint density at radius 3 is 2.83 bits per heavy atom. The first kappa shape index (κ1) is 15.8. The van der Waals surface area contributed by atoms with Crippen molar-refractivity contribution in [3.63, 3.8) is 0 Å². The summed E-state index contributed by atoms with van der Waals surface area (Å²) >= 11 is 7.22. The first-order valence-electron chi connectivity index (χ1n) is 6.80. The molecule has 0 aliphatic carbocycles. The molecule has 0 aromatic heterocycles. The number of cyclic esters (lactones) is 1. The summed E-state index contributed by atoms with van der Waals surface area (Å²) in [5.74, 6) is -0.602. The Labute approximate surface area is 141 Å². The van der Waals surface area contributed by atoms with Crippen molar-refractivity contribution in [2.45, 2.75) is 0 Å². The lowest BCUT2D eigenvalue weighted by Crippen LogP contribution is -2.35. The number of amidine groups is 1. The highest BCUT2D eigenvalue weighted by atomic mass is 35.5. The van der Waals surface area contributed by atoms with Crippen LogP contribution in [0.2, 0.25) is 5.02 Å². The van der Waals surface area contributed by atoms with Crippen LogP contribution in [0.15, 0.2) is 29.3 Å². The second-order valence-electron chi connectivity index (χ2n) is 4.73. The molecule has 2 heterocycles. The molecular weight excluding hydrogens is 342 g/mol. The van der Waals surface area contributed by atoms with E-state index in [1.807, 2.05) is 0 Å². The molecule has 1 aromatic rings. The summed E-state index contributed by atoms with van der Waals surface area (Å²) in [5, 5.41) is 0.814. The van der Waals surface area contributed by atoms with Crippen molar-refractivity contribution in [3.05, 3.63) is 29.3 Å². The number of hydrogen-bond donors (Lipinski definition) is 0. The lowest BCUT2D eigenvalue weighted by molar-refractivity contribution is -0.125. The number of para-hydroxylation sites is 1. The molecule has 3 rings (SSSR count). The molecule has 1 fully saturated rings. The zero-order chi connectivity index (χ0) is 16.4. The number of nitrogens with zero attached hydrogens (tertiary/aromatic N) is 3. The Balaban J connectivity index is 1.70. The highest BCUT2D eigenvalue weighted by Gasteiger charge is 2.32. The number of benzene rings is 1. The maximum absolute atomic E-state index is 12.1. The van der Waals surface area contributed by atoms with Crippen molar-refractivity contribution in [2.75, 3.05) is 30.3 Å². The summed E-state index contributed by atoms with van der Waals surface area (Å²) in [6.07, 6.45) is -0.636. The lowest BCUT2D eigenvalue weighted by atomic mass is 10.3. The average Bonchev–Trinajstić information content (AvgIpc) is 3.12. The molecule has 0 spiro atoms. The lowest BCUT2D eigenvalue weighted by Gasteiger charge is -2.19. The van der Waals surface area contributed by atoms with Crippen LogP contribution in [0.25, 0.3) is 0 Å². The fourth-order valence-corrected chi connectivity index (χ4v) is 3.30. The van der Waals surface area contributed by atoms with Crippen molar-refractivity contribution in [3.8, 4) is 0 Å². The van der Waals surface area contributed by atoms with Crippen molar-refractivity contribution in [1.29, 1.82) is 0 Å². The molecule has 120 valence electrons. The van der Waals surface area contributed by atoms with E-state index in [1.165, 1.54) is 4.90 Å². The van der Waals surface area contributed by atoms with E-state index in [0.717, 1.165) is 16.7 Å². The van der Waals surface area contributed by atoms with Crippen LogP contribution in [0.4, 0.5) is 10.5 Å². The van der Waals surface area contributed by atoms with Crippen LogP contribution in [0.3, 0.4) is 0 Å². The van der Waals surface area contributed by atoms with Crippen LogP contribution in [-0.4, -0.2) is 53.4 Å². The molecule has 0 radical (unpaired) electrons. The predicted octanol–water partition coefficient (Wildman–Crippen LogP) is 1.75.